The standard InChI is InChI=1S/C20H23F3N2O6/c1-12(26)9-13(24-5-7-30-8-6-24)10-16-15-11-14(29-2)3-4-17(15)31-19(20(21,22)23)18(16)25(27)28/h3-4,9,11,16,18-19H,5-8,10H2,1-2H3/b13-9+/t16-,18+,19-/m0/s1. The van der Waals surface area contributed by atoms with E-state index in [2.05, 4.69) is 0 Å². The van der Waals surface area contributed by atoms with Gasteiger partial charge in [-0.3, -0.25) is 14.9 Å². The summed E-state index contributed by atoms with van der Waals surface area (Å²) in [5.74, 6) is -1.24. The molecule has 2 aliphatic heterocycles. The monoisotopic (exact) mass is 444 g/mol. The van der Waals surface area contributed by atoms with Crippen LogP contribution in [-0.2, 0) is 9.53 Å². The Morgan fingerprint density at radius 1 is 1.35 bits per heavy atom. The molecule has 2 heterocycles. The van der Waals surface area contributed by atoms with Gasteiger partial charge in [0.15, 0.2) is 5.78 Å². The van der Waals surface area contributed by atoms with E-state index in [-0.39, 0.29) is 23.5 Å². The molecule has 8 nitrogen and oxygen atoms in total. The molecule has 0 aromatic heterocycles. The molecule has 0 bridgehead atoms. The molecule has 0 N–H and O–H groups in total. The summed E-state index contributed by atoms with van der Waals surface area (Å²) in [5, 5.41) is 11.8. The van der Waals surface area contributed by atoms with E-state index in [4.69, 9.17) is 14.2 Å². The minimum absolute atomic E-state index is 0.0876. The second kappa shape index (κ2) is 9.13. The van der Waals surface area contributed by atoms with Gasteiger partial charge in [0, 0.05) is 35.7 Å². The summed E-state index contributed by atoms with van der Waals surface area (Å²) in [6, 6.07) is 2.12. The molecule has 1 saturated heterocycles. The number of nitrogens with zero attached hydrogens (tertiary/aromatic N) is 2. The predicted molar refractivity (Wildman–Crippen MR) is 103 cm³/mol. The fourth-order valence-corrected chi connectivity index (χ4v) is 3.99. The third kappa shape index (κ3) is 5.09. The molecular weight excluding hydrogens is 421 g/mol. The molecule has 0 unspecified atom stereocenters. The van der Waals surface area contributed by atoms with Crippen molar-refractivity contribution in [2.75, 3.05) is 33.4 Å². The minimum atomic E-state index is -4.95. The average Bonchev–Trinajstić information content (AvgIpc) is 2.71. The molecule has 3 rings (SSSR count). The summed E-state index contributed by atoms with van der Waals surface area (Å²) in [6.45, 7) is 2.96. The van der Waals surface area contributed by atoms with Crippen LogP contribution < -0.4 is 9.47 Å². The number of nitro groups is 1. The number of ether oxygens (including phenoxy) is 3. The van der Waals surface area contributed by atoms with E-state index in [0.29, 0.717) is 37.7 Å². The third-order valence-electron chi connectivity index (χ3n) is 5.38. The lowest BCUT2D eigenvalue weighted by atomic mass is 9.81. The number of allylic oxidation sites excluding steroid dienone is 2. The highest BCUT2D eigenvalue weighted by Crippen LogP contribution is 2.46. The van der Waals surface area contributed by atoms with Gasteiger partial charge in [-0.25, -0.2) is 0 Å². The van der Waals surface area contributed by atoms with Crippen molar-refractivity contribution in [3.8, 4) is 11.5 Å². The van der Waals surface area contributed by atoms with Crippen molar-refractivity contribution in [1.29, 1.82) is 0 Å². The summed E-state index contributed by atoms with van der Waals surface area (Å²) in [4.78, 5) is 24.5. The molecule has 1 fully saturated rings. The summed E-state index contributed by atoms with van der Waals surface area (Å²) >= 11 is 0. The second-order valence-corrected chi connectivity index (χ2v) is 7.42. The van der Waals surface area contributed by atoms with Crippen molar-refractivity contribution >= 4 is 5.78 Å². The van der Waals surface area contributed by atoms with Gasteiger partial charge in [-0.05, 0) is 31.2 Å². The van der Waals surface area contributed by atoms with Crippen LogP contribution in [0.1, 0.15) is 24.8 Å². The number of hydrogen-bond acceptors (Lipinski definition) is 7. The molecular formula is C20H23F3N2O6. The van der Waals surface area contributed by atoms with Crippen LogP contribution in [0.5, 0.6) is 11.5 Å². The number of hydrogen-bond donors (Lipinski definition) is 0. The number of fused-ring (bicyclic) bond motifs is 1. The molecule has 31 heavy (non-hydrogen) atoms. The highest BCUT2D eigenvalue weighted by molar-refractivity contribution is 5.87. The van der Waals surface area contributed by atoms with E-state index in [1.54, 1.807) is 0 Å². The van der Waals surface area contributed by atoms with Gasteiger partial charge in [0.25, 0.3) is 12.1 Å². The second-order valence-electron chi connectivity index (χ2n) is 7.42. The fourth-order valence-electron chi connectivity index (χ4n) is 3.99. The normalized spacial score (nSPS) is 24.2. The summed E-state index contributed by atoms with van der Waals surface area (Å²) < 4.78 is 56.7. The van der Waals surface area contributed by atoms with Crippen molar-refractivity contribution in [3.05, 3.63) is 45.6 Å². The first-order valence-electron chi connectivity index (χ1n) is 9.70. The Hall–Kier alpha value is -2.82. The molecule has 1 aromatic rings. The number of halogens is 3. The minimum Gasteiger partial charge on any atom is -0.497 e. The first-order valence-corrected chi connectivity index (χ1v) is 9.70. The number of methoxy groups -OCH3 is 1. The van der Waals surface area contributed by atoms with Gasteiger partial charge in [0.05, 0.1) is 26.2 Å². The molecule has 0 aliphatic carbocycles. The largest absolute Gasteiger partial charge is 0.497 e. The highest BCUT2D eigenvalue weighted by atomic mass is 19.4. The van der Waals surface area contributed by atoms with E-state index >= 15 is 0 Å². The topological polar surface area (TPSA) is 91.1 Å². The smallest absolute Gasteiger partial charge is 0.432 e. The maximum atomic E-state index is 13.7. The Balaban J connectivity index is 2.10. The number of ketones is 1. The first kappa shape index (κ1) is 22.9. The molecule has 0 saturated carbocycles. The van der Waals surface area contributed by atoms with Gasteiger partial charge in [0.2, 0.25) is 0 Å². The number of rotatable bonds is 6. The first-order chi connectivity index (χ1) is 14.6. The molecule has 11 heteroatoms. The van der Waals surface area contributed by atoms with Crippen molar-refractivity contribution < 1.29 is 37.1 Å². The molecule has 0 spiro atoms. The van der Waals surface area contributed by atoms with Crippen LogP contribution in [-0.4, -0.2) is 67.3 Å². The van der Waals surface area contributed by atoms with Crippen LogP contribution in [0, 0.1) is 10.1 Å². The van der Waals surface area contributed by atoms with E-state index in [9.17, 15) is 28.1 Å². The lowest BCUT2D eigenvalue weighted by Gasteiger charge is -2.38. The molecule has 3 atom stereocenters. The average molecular weight is 444 g/mol. The summed E-state index contributed by atoms with van der Waals surface area (Å²) in [5.41, 5.74) is 0.675. The fraction of sp³-hybridized carbons (Fsp3) is 0.550. The van der Waals surface area contributed by atoms with Crippen LogP contribution in [0.15, 0.2) is 30.0 Å². The van der Waals surface area contributed by atoms with E-state index in [1.807, 2.05) is 4.90 Å². The van der Waals surface area contributed by atoms with Crippen molar-refractivity contribution in [2.24, 2.45) is 0 Å². The lowest BCUT2D eigenvalue weighted by molar-refractivity contribution is -0.548. The Kier molecular flexibility index (Phi) is 6.73. The van der Waals surface area contributed by atoms with Gasteiger partial charge in [0.1, 0.15) is 11.5 Å². The van der Waals surface area contributed by atoms with Crippen LogP contribution >= 0.6 is 0 Å². The number of alkyl halides is 3. The van der Waals surface area contributed by atoms with E-state index in [0.717, 1.165) is 0 Å². The Morgan fingerprint density at radius 2 is 2.03 bits per heavy atom. The van der Waals surface area contributed by atoms with Crippen molar-refractivity contribution in [1.82, 2.24) is 4.90 Å². The number of carbonyl (C=O) groups excluding carboxylic acids is 1. The summed E-state index contributed by atoms with van der Waals surface area (Å²) in [6.07, 6.45) is -6.38. The van der Waals surface area contributed by atoms with Gasteiger partial charge in [-0.1, -0.05) is 0 Å². The Morgan fingerprint density at radius 3 is 2.58 bits per heavy atom. The lowest BCUT2D eigenvalue weighted by Crippen LogP contribution is -2.53. The highest BCUT2D eigenvalue weighted by Gasteiger charge is 2.59. The van der Waals surface area contributed by atoms with Gasteiger partial charge >= 0.3 is 6.18 Å². The quantitative estimate of drug-likeness (QED) is 0.379. The molecule has 0 amide bonds. The van der Waals surface area contributed by atoms with E-state index < -0.39 is 29.2 Å². The van der Waals surface area contributed by atoms with E-state index in [1.165, 1.54) is 38.3 Å². The zero-order valence-electron chi connectivity index (χ0n) is 17.1. The zero-order valence-corrected chi connectivity index (χ0v) is 17.1. The van der Waals surface area contributed by atoms with Crippen LogP contribution in [0.25, 0.3) is 0 Å². The van der Waals surface area contributed by atoms with Crippen LogP contribution in [0.4, 0.5) is 13.2 Å². The van der Waals surface area contributed by atoms with Crippen LogP contribution in [0.2, 0.25) is 0 Å². The van der Waals surface area contributed by atoms with Crippen molar-refractivity contribution in [3.63, 3.8) is 0 Å². The zero-order chi connectivity index (χ0) is 22.8. The van der Waals surface area contributed by atoms with Gasteiger partial charge in [-0.15, -0.1) is 0 Å². The Bertz CT molecular complexity index is 867. The third-order valence-corrected chi connectivity index (χ3v) is 5.38. The number of benzene rings is 1. The maximum Gasteiger partial charge on any atom is 0.432 e. The van der Waals surface area contributed by atoms with Gasteiger partial charge < -0.3 is 19.1 Å². The molecule has 1 aromatic carbocycles. The molecule has 170 valence electrons. The molecule has 2 aliphatic rings. The molecule has 0 radical (unpaired) electrons. The maximum absolute atomic E-state index is 13.7. The predicted octanol–water partition coefficient (Wildman–Crippen LogP) is 2.94. The van der Waals surface area contributed by atoms with Gasteiger partial charge in [-0.2, -0.15) is 13.2 Å². The van der Waals surface area contributed by atoms with Crippen molar-refractivity contribution in [2.45, 2.75) is 37.6 Å². The number of carbonyl (C=O) groups is 1. The summed E-state index contributed by atoms with van der Waals surface area (Å²) in [7, 11) is 1.39. The van der Waals surface area contributed by atoms with Crippen LogP contribution in [0.3, 0.4) is 0 Å². The Labute approximate surface area is 176 Å². The number of morpholine rings is 1. The SMILES string of the molecule is COc1ccc2c(c1)[C@H](C/C(=C\C(C)=O)N1CCOCC1)[C@@H]([N+](=O)[O-])[C@@H](C(F)(F)F)O2.